The summed E-state index contributed by atoms with van der Waals surface area (Å²) >= 11 is 0. The van der Waals surface area contributed by atoms with Crippen LogP contribution in [0.4, 0.5) is 46.5 Å². The van der Waals surface area contributed by atoms with E-state index in [9.17, 15) is 69.0 Å². The quantitative estimate of drug-likeness (QED) is 0.0147. The van der Waals surface area contributed by atoms with Gasteiger partial charge in [-0.15, -0.1) is 0 Å². The number of carbonyl (C=O) groups excluding carboxylic acids is 4. The first kappa shape index (κ1) is 68.4. The van der Waals surface area contributed by atoms with Gasteiger partial charge in [0.1, 0.15) is 11.1 Å². The van der Waals surface area contributed by atoms with Gasteiger partial charge in [-0.05, 0) is 95.1 Å². The molecule has 78 heavy (non-hydrogen) atoms. The van der Waals surface area contributed by atoms with Crippen LogP contribution in [-0.4, -0.2) is 108 Å². The number of carboxylic acids is 8. The average molecular weight is 1100 g/mol. The van der Waals surface area contributed by atoms with Crippen molar-refractivity contribution in [3.8, 4) is 12.0 Å². The molecule has 6 aromatic rings. The Bertz CT molecular complexity index is 2830. The van der Waals surface area contributed by atoms with Crippen molar-refractivity contribution < 1.29 is 208 Å². The Morgan fingerprint density at radius 2 is 0.500 bits per heavy atom. The van der Waals surface area contributed by atoms with Crippen LogP contribution in [0.5, 0.6) is 12.0 Å². The van der Waals surface area contributed by atoms with Crippen molar-refractivity contribution in [2.45, 2.75) is 0 Å². The van der Waals surface area contributed by atoms with Crippen molar-refractivity contribution in [3.05, 3.63) is 142 Å². The smallest absolute Gasteiger partial charge is 0.545 e. The largest absolute Gasteiger partial charge is 1.00 e. The van der Waals surface area contributed by atoms with Crippen molar-refractivity contribution in [3.63, 3.8) is 0 Å². The Labute approximate surface area is 525 Å². The maximum Gasteiger partial charge on any atom is 1.00 e. The van der Waals surface area contributed by atoms with Gasteiger partial charge in [0, 0.05) is 33.9 Å². The van der Waals surface area contributed by atoms with Gasteiger partial charge >= 0.3 is 154 Å². The zero-order chi connectivity index (χ0) is 54.2. The number of anilines is 8. The van der Waals surface area contributed by atoms with Gasteiger partial charge in [0.15, 0.2) is 0 Å². The van der Waals surface area contributed by atoms with E-state index in [-0.39, 0.29) is 153 Å². The first-order chi connectivity index (χ1) is 35.0. The number of rotatable bonds is 20. The van der Waals surface area contributed by atoms with Crippen LogP contribution in [0.1, 0.15) is 22.3 Å². The molecule has 0 spiro atoms. The SMILES string of the molecule is O=C([O-])C(=Cc1ccc(Nc2nc(O)nc(Nc3ccc(C=C(C(=O)O)C(=O)O)cc3)n2)cc1)C(=O)[O-].O=C([O-])C(=Cc1ccc(Nc2nc(O)nc(Nc3ccc(C=C(C(=O)O)C(=O)O)cc3)n2)cc1)C(=O)[O-].[Na+].[Na+].[Na+].[Na+]. The molecule has 0 radical (unpaired) electrons. The molecule has 2 heterocycles. The van der Waals surface area contributed by atoms with Gasteiger partial charge in [0.25, 0.3) is 0 Å². The van der Waals surface area contributed by atoms with Gasteiger partial charge in [0.05, 0.1) is 23.9 Å². The second-order valence-corrected chi connectivity index (χ2v) is 14.2. The number of aromatic hydroxyl groups is 2. The normalized spacial score (nSPS) is 9.54. The summed E-state index contributed by atoms with van der Waals surface area (Å²) in [6.45, 7) is 0. The van der Waals surface area contributed by atoms with Crippen LogP contribution in [0.2, 0.25) is 0 Å². The standard InChI is InChI=1S/2C23H17N5O9.4Na/c2*29-17(30)15(18(31)32)9-11-1-5-13(6-2-11)24-21-26-22(28-23(37)27-21)25-14-7-3-12(4-8-14)10-16(19(33)34)20(35)36;;;;/h2*1-10H,(H,29,30)(H,31,32)(H,33,34)(H,35,36)(H3,24,25,26,27,28,37);;;;/q;;4*+1/p-4. The topological polar surface area (TPSA) is 476 Å². The van der Waals surface area contributed by atoms with Gasteiger partial charge in [-0.3, -0.25) is 0 Å². The molecule has 0 atom stereocenters. The molecule has 0 saturated carbocycles. The summed E-state index contributed by atoms with van der Waals surface area (Å²) in [6, 6.07) is 22.1. The number of benzene rings is 4. The van der Waals surface area contributed by atoms with Crippen molar-refractivity contribution in [1.29, 1.82) is 0 Å². The summed E-state index contributed by atoms with van der Waals surface area (Å²) in [5.74, 6) is -14.2. The summed E-state index contributed by atoms with van der Waals surface area (Å²) in [6.07, 6.45) is 3.72. The molecule has 10 N–H and O–H groups in total. The van der Waals surface area contributed by atoms with Crippen molar-refractivity contribution in [2.24, 2.45) is 0 Å². The number of aliphatic carboxylic acids is 8. The number of hydrogen-bond acceptors (Lipinski definition) is 24. The minimum absolute atomic E-state index is 0. The number of carboxylic acid groups (broad SMARTS) is 8. The predicted molar refractivity (Wildman–Crippen MR) is 244 cm³/mol. The molecule has 28 nitrogen and oxygen atoms in total. The molecule has 32 heteroatoms. The van der Waals surface area contributed by atoms with Crippen molar-refractivity contribution >= 4 is 119 Å². The summed E-state index contributed by atoms with van der Waals surface area (Å²) in [5, 5.41) is 110. The minimum atomic E-state index is -1.89. The second kappa shape index (κ2) is 32.2. The zero-order valence-corrected chi connectivity index (χ0v) is 48.8. The third-order valence-corrected chi connectivity index (χ3v) is 8.96. The van der Waals surface area contributed by atoms with E-state index < -0.39 is 82.1 Å². The van der Waals surface area contributed by atoms with Gasteiger partial charge in [-0.25, -0.2) is 19.2 Å². The van der Waals surface area contributed by atoms with Gasteiger partial charge in [-0.2, -0.15) is 29.9 Å². The van der Waals surface area contributed by atoms with Gasteiger partial charge in [0.2, 0.25) is 23.8 Å². The summed E-state index contributed by atoms with van der Waals surface area (Å²) in [4.78, 5) is 111. The predicted octanol–water partition coefficient (Wildman–Crippen LogP) is -13.0. The van der Waals surface area contributed by atoms with E-state index in [4.69, 9.17) is 20.4 Å². The molecule has 0 aliphatic rings. The Morgan fingerprint density at radius 1 is 0.321 bits per heavy atom. The third-order valence-electron chi connectivity index (χ3n) is 8.96. The molecule has 4 aromatic carbocycles. The van der Waals surface area contributed by atoms with Gasteiger partial charge < -0.3 is 91.5 Å². The van der Waals surface area contributed by atoms with Crippen molar-refractivity contribution in [1.82, 2.24) is 29.9 Å². The summed E-state index contributed by atoms with van der Waals surface area (Å²) in [7, 11) is 0. The average Bonchev–Trinajstić information content (AvgIpc) is 3.32. The monoisotopic (exact) mass is 1100 g/mol. The molecule has 376 valence electrons. The molecule has 0 amide bonds. The molecule has 0 saturated heterocycles. The van der Waals surface area contributed by atoms with Crippen LogP contribution in [0.3, 0.4) is 0 Å². The molecular formula is C46H30N10Na4O18. The Morgan fingerprint density at radius 3 is 0.667 bits per heavy atom. The van der Waals surface area contributed by atoms with E-state index in [1.54, 1.807) is 0 Å². The fourth-order valence-corrected chi connectivity index (χ4v) is 5.62. The maximum absolute atomic E-state index is 11.0. The van der Waals surface area contributed by atoms with E-state index in [0.29, 0.717) is 33.9 Å². The summed E-state index contributed by atoms with van der Waals surface area (Å²) < 4.78 is 0. The van der Waals surface area contributed by atoms with E-state index >= 15 is 0 Å². The fraction of sp³-hybridized carbons (Fsp3) is 0. The third kappa shape index (κ3) is 21.4. The molecular weight excluding hydrogens is 1070 g/mol. The minimum Gasteiger partial charge on any atom is -0.545 e. The summed E-state index contributed by atoms with van der Waals surface area (Å²) in [5.41, 5.74) is -0.879. The molecule has 6 rings (SSSR count). The first-order valence-corrected chi connectivity index (χ1v) is 20.1. The van der Waals surface area contributed by atoms with Crippen LogP contribution in [0.25, 0.3) is 24.3 Å². The molecule has 0 aliphatic heterocycles. The van der Waals surface area contributed by atoms with Gasteiger partial charge in [-0.1, -0.05) is 48.5 Å². The van der Waals surface area contributed by atoms with Crippen LogP contribution in [0.15, 0.2) is 119 Å². The van der Waals surface area contributed by atoms with Crippen molar-refractivity contribution in [2.75, 3.05) is 21.3 Å². The zero-order valence-electron chi connectivity index (χ0n) is 40.8. The molecule has 0 bridgehead atoms. The number of nitrogens with one attached hydrogen (secondary N) is 4. The maximum atomic E-state index is 11.0. The Kier molecular flexibility index (Phi) is 28.3. The van der Waals surface area contributed by atoms with Crippen LogP contribution >= 0.6 is 0 Å². The number of carbonyl (C=O) groups is 8. The van der Waals surface area contributed by atoms with E-state index in [1.807, 2.05) is 0 Å². The molecule has 0 unspecified atom stereocenters. The van der Waals surface area contributed by atoms with E-state index in [1.165, 1.54) is 97.1 Å². The molecule has 0 aliphatic carbocycles. The van der Waals surface area contributed by atoms with Crippen LogP contribution in [0, 0.1) is 0 Å². The van der Waals surface area contributed by atoms with E-state index in [0.717, 1.165) is 24.3 Å². The number of nitrogens with zero attached hydrogens (tertiary/aromatic N) is 6. The molecule has 0 fully saturated rings. The molecule has 2 aromatic heterocycles. The second-order valence-electron chi connectivity index (χ2n) is 14.2. The fourth-order valence-electron chi connectivity index (χ4n) is 5.62. The number of hydrogen-bond donors (Lipinski definition) is 10. The van der Waals surface area contributed by atoms with Crippen LogP contribution in [-0.2, 0) is 38.4 Å². The Balaban J connectivity index is 0.000000742. The van der Waals surface area contributed by atoms with Crippen LogP contribution < -0.4 is 160 Å². The number of aromatic nitrogens is 6. The first-order valence-electron chi connectivity index (χ1n) is 20.1. The van der Waals surface area contributed by atoms with E-state index in [2.05, 4.69) is 51.2 Å². The Hall–Kier alpha value is -7.58.